The topological polar surface area (TPSA) is 38.7 Å². The monoisotopic (exact) mass is 107 g/mol. The zero-order valence-electron chi connectivity index (χ0n) is 4.28. The summed E-state index contributed by atoms with van der Waals surface area (Å²) < 4.78 is 0. The second-order valence-electron chi connectivity index (χ2n) is 1.24. The molecule has 8 heavy (non-hydrogen) atoms. The zero-order chi connectivity index (χ0) is 5.82. The fourth-order valence-electron chi connectivity index (χ4n) is 0.351. The van der Waals surface area contributed by atoms with Crippen LogP contribution in [-0.4, -0.2) is 15.2 Å². The van der Waals surface area contributed by atoms with E-state index in [1.807, 2.05) is 0 Å². The van der Waals surface area contributed by atoms with Gasteiger partial charge in [-0.15, -0.1) is 10.2 Å². The Kier molecular flexibility index (Phi) is 1.32. The minimum absolute atomic E-state index is 0.701. The molecule has 1 rings (SSSR count). The van der Waals surface area contributed by atoms with Gasteiger partial charge in [0, 0.05) is 0 Å². The minimum atomic E-state index is 0.701. The molecule has 0 aliphatic rings. The van der Waals surface area contributed by atoms with Gasteiger partial charge < -0.3 is 0 Å². The molecule has 40 valence electrons. The van der Waals surface area contributed by atoms with Crippen LogP contribution in [0.25, 0.3) is 6.08 Å². The summed E-state index contributed by atoms with van der Waals surface area (Å²) in [6.07, 6.45) is 4.58. The lowest BCUT2D eigenvalue weighted by molar-refractivity contribution is 0.957. The number of hydrogen-bond donors (Lipinski definition) is 0. The quantitative estimate of drug-likeness (QED) is 0.525. The summed E-state index contributed by atoms with van der Waals surface area (Å²) in [5.74, 6) is 0. The standard InChI is InChI=1S/C5H5N3/c1-2-5-3-6-4-7-8-5/h2-4H,1H2. The highest BCUT2D eigenvalue weighted by Gasteiger charge is 1.80. The first kappa shape index (κ1) is 4.90. The maximum absolute atomic E-state index is 3.71. The maximum Gasteiger partial charge on any atom is 0.138 e. The van der Waals surface area contributed by atoms with Crippen LogP contribution in [0.3, 0.4) is 0 Å². The van der Waals surface area contributed by atoms with E-state index in [0.29, 0.717) is 5.69 Å². The van der Waals surface area contributed by atoms with Gasteiger partial charge in [-0.1, -0.05) is 6.58 Å². The Morgan fingerprint density at radius 2 is 2.50 bits per heavy atom. The summed E-state index contributed by atoms with van der Waals surface area (Å²) in [5.41, 5.74) is 0.701. The van der Waals surface area contributed by atoms with Gasteiger partial charge in [-0.3, -0.25) is 0 Å². The number of nitrogens with zero attached hydrogens (tertiary/aromatic N) is 3. The Bertz CT molecular complexity index is 170. The van der Waals surface area contributed by atoms with Crippen molar-refractivity contribution in [2.75, 3.05) is 0 Å². The molecule has 0 amide bonds. The predicted molar refractivity (Wildman–Crippen MR) is 29.9 cm³/mol. The third kappa shape index (κ3) is 0.872. The van der Waals surface area contributed by atoms with Crippen LogP contribution < -0.4 is 0 Å². The normalized spacial score (nSPS) is 8.50. The average Bonchev–Trinajstić information content (AvgIpc) is 1.90. The first-order valence-electron chi connectivity index (χ1n) is 2.18. The van der Waals surface area contributed by atoms with Crippen LogP contribution in [0.2, 0.25) is 0 Å². The summed E-state index contributed by atoms with van der Waals surface area (Å²) in [4.78, 5) is 3.71. The zero-order valence-corrected chi connectivity index (χ0v) is 4.28. The van der Waals surface area contributed by atoms with Crippen LogP contribution in [0.4, 0.5) is 0 Å². The van der Waals surface area contributed by atoms with E-state index in [2.05, 4.69) is 21.8 Å². The van der Waals surface area contributed by atoms with E-state index < -0.39 is 0 Å². The Hall–Kier alpha value is -1.25. The van der Waals surface area contributed by atoms with Crippen LogP contribution in [0, 0.1) is 0 Å². The van der Waals surface area contributed by atoms with Crippen molar-refractivity contribution >= 4 is 6.08 Å². The largest absolute Gasteiger partial charge is 0.241 e. The highest BCUT2D eigenvalue weighted by atomic mass is 15.1. The van der Waals surface area contributed by atoms with Crippen molar-refractivity contribution < 1.29 is 0 Å². The van der Waals surface area contributed by atoms with Gasteiger partial charge in [0.25, 0.3) is 0 Å². The van der Waals surface area contributed by atoms with Gasteiger partial charge in [-0.05, 0) is 6.08 Å². The highest BCUT2D eigenvalue weighted by Crippen LogP contribution is 1.85. The molecule has 0 spiro atoms. The van der Waals surface area contributed by atoms with E-state index in [1.54, 1.807) is 12.3 Å². The van der Waals surface area contributed by atoms with Crippen LogP contribution in [-0.2, 0) is 0 Å². The first-order chi connectivity index (χ1) is 3.93. The van der Waals surface area contributed by atoms with Crippen molar-refractivity contribution in [1.29, 1.82) is 0 Å². The molecule has 0 unspecified atom stereocenters. The molecule has 1 aromatic rings. The lowest BCUT2D eigenvalue weighted by Gasteiger charge is -1.82. The third-order valence-corrected chi connectivity index (χ3v) is 0.707. The molecular weight excluding hydrogens is 102 g/mol. The molecule has 0 saturated carbocycles. The van der Waals surface area contributed by atoms with E-state index in [0.717, 1.165) is 0 Å². The highest BCUT2D eigenvalue weighted by molar-refractivity contribution is 5.37. The Labute approximate surface area is 47.1 Å². The molecular formula is C5H5N3. The van der Waals surface area contributed by atoms with Gasteiger partial charge in [0.15, 0.2) is 0 Å². The smallest absolute Gasteiger partial charge is 0.138 e. The SMILES string of the molecule is C=Cc1cncnn1. The molecule has 0 N–H and O–H groups in total. The van der Waals surface area contributed by atoms with Crippen molar-refractivity contribution in [2.24, 2.45) is 0 Å². The van der Waals surface area contributed by atoms with Crippen molar-refractivity contribution in [2.45, 2.75) is 0 Å². The number of rotatable bonds is 1. The van der Waals surface area contributed by atoms with Crippen LogP contribution in [0.15, 0.2) is 19.1 Å². The molecule has 3 nitrogen and oxygen atoms in total. The summed E-state index contributed by atoms with van der Waals surface area (Å²) in [5, 5.41) is 7.19. The van der Waals surface area contributed by atoms with Gasteiger partial charge in [0.2, 0.25) is 0 Å². The van der Waals surface area contributed by atoms with Gasteiger partial charge >= 0.3 is 0 Å². The summed E-state index contributed by atoms with van der Waals surface area (Å²) in [7, 11) is 0. The molecule has 0 radical (unpaired) electrons. The van der Waals surface area contributed by atoms with E-state index in [4.69, 9.17) is 0 Å². The molecule has 0 aliphatic carbocycles. The van der Waals surface area contributed by atoms with E-state index >= 15 is 0 Å². The number of aromatic nitrogens is 3. The minimum Gasteiger partial charge on any atom is -0.241 e. The molecule has 0 fully saturated rings. The Morgan fingerprint density at radius 1 is 1.62 bits per heavy atom. The second kappa shape index (κ2) is 2.16. The van der Waals surface area contributed by atoms with Gasteiger partial charge in [0.05, 0.1) is 6.20 Å². The fourth-order valence-corrected chi connectivity index (χ4v) is 0.351. The summed E-state index contributed by atoms with van der Waals surface area (Å²) >= 11 is 0. The lowest BCUT2D eigenvalue weighted by Crippen LogP contribution is -1.84. The third-order valence-electron chi connectivity index (χ3n) is 0.707. The van der Waals surface area contributed by atoms with Gasteiger partial charge in [-0.2, -0.15) is 0 Å². The maximum atomic E-state index is 3.71. The van der Waals surface area contributed by atoms with Gasteiger partial charge in [0.1, 0.15) is 12.0 Å². The average molecular weight is 107 g/mol. The summed E-state index contributed by atoms with van der Waals surface area (Å²) in [6, 6.07) is 0. The van der Waals surface area contributed by atoms with Crippen LogP contribution in [0.5, 0.6) is 0 Å². The molecule has 0 aliphatic heterocycles. The molecule has 3 heteroatoms. The Balaban J connectivity index is 2.99. The number of hydrogen-bond acceptors (Lipinski definition) is 3. The second-order valence-corrected chi connectivity index (χ2v) is 1.24. The molecule has 0 atom stereocenters. The van der Waals surface area contributed by atoms with E-state index in [-0.39, 0.29) is 0 Å². The van der Waals surface area contributed by atoms with Crippen molar-refractivity contribution in [3.05, 3.63) is 24.8 Å². The molecule has 0 aromatic carbocycles. The molecule has 1 heterocycles. The van der Waals surface area contributed by atoms with Crippen LogP contribution in [0.1, 0.15) is 5.69 Å². The Morgan fingerprint density at radius 3 is 2.88 bits per heavy atom. The predicted octanol–water partition coefficient (Wildman–Crippen LogP) is 0.515. The van der Waals surface area contributed by atoms with E-state index in [9.17, 15) is 0 Å². The van der Waals surface area contributed by atoms with Gasteiger partial charge in [-0.25, -0.2) is 4.98 Å². The summed E-state index contributed by atoms with van der Waals surface area (Å²) in [6.45, 7) is 3.49. The first-order valence-corrected chi connectivity index (χ1v) is 2.18. The fraction of sp³-hybridized carbons (Fsp3) is 0. The lowest BCUT2D eigenvalue weighted by atomic mass is 10.5. The van der Waals surface area contributed by atoms with E-state index in [1.165, 1.54) is 6.33 Å². The molecule has 0 bridgehead atoms. The van der Waals surface area contributed by atoms with Crippen molar-refractivity contribution in [1.82, 2.24) is 15.2 Å². The molecule has 1 aromatic heterocycles. The van der Waals surface area contributed by atoms with Crippen LogP contribution >= 0.6 is 0 Å². The molecule has 0 saturated heterocycles. The van der Waals surface area contributed by atoms with Crippen molar-refractivity contribution in [3.8, 4) is 0 Å². The van der Waals surface area contributed by atoms with Crippen molar-refractivity contribution in [3.63, 3.8) is 0 Å².